The zero-order chi connectivity index (χ0) is 26.0. The molecule has 2 saturated heterocycles. The maximum atomic E-state index is 14.4. The summed E-state index contributed by atoms with van der Waals surface area (Å²) >= 11 is 1.57. The fourth-order valence-corrected chi connectivity index (χ4v) is 8.50. The topological polar surface area (TPSA) is 87.2 Å². The average molecular weight is 519 g/mol. The molecule has 36 heavy (non-hydrogen) atoms. The van der Waals surface area contributed by atoms with E-state index >= 15 is 0 Å². The van der Waals surface area contributed by atoms with E-state index in [0.29, 0.717) is 13.2 Å². The molecular formula is C28H42N2O5S. The fraction of sp³-hybridized carbons (Fsp3) is 0.750. The fourth-order valence-electron chi connectivity index (χ4n) is 6.52. The van der Waals surface area contributed by atoms with Crippen LogP contribution >= 0.6 is 11.8 Å². The van der Waals surface area contributed by atoms with Crippen LogP contribution in [0.4, 0.5) is 0 Å². The van der Waals surface area contributed by atoms with Gasteiger partial charge in [0.05, 0.1) is 35.8 Å². The standard InChI is InChI=1S/C28H42N2O5S/c1-5-12-19(4)29-15-11-14-28-23(22-21(36-28)13-9-7-8-10-16-35-27(22)34)25(32)30(24(28)26(29)33)20(17-31)18(3)6-2/h9,11,13-14,18-24,31H,5-8,10,12,15-17H2,1-4H3/b13-9-/t18-,19?,20-,21+,22-,23-,24?,28-/m0/s1. The number of carbonyl (C=O) groups is 3. The van der Waals surface area contributed by atoms with Crippen molar-refractivity contribution in [3.8, 4) is 0 Å². The summed E-state index contributed by atoms with van der Waals surface area (Å²) in [6.07, 6.45) is 13.5. The van der Waals surface area contributed by atoms with Crippen LogP contribution in [0.25, 0.3) is 0 Å². The van der Waals surface area contributed by atoms with Crippen molar-refractivity contribution in [1.82, 2.24) is 9.80 Å². The van der Waals surface area contributed by atoms with E-state index in [1.54, 1.807) is 16.7 Å². The van der Waals surface area contributed by atoms with Gasteiger partial charge < -0.3 is 19.6 Å². The molecule has 1 spiro atoms. The van der Waals surface area contributed by atoms with Crippen LogP contribution < -0.4 is 0 Å². The lowest BCUT2D eigenvalue weighted by Crippen LogP contribution is -2.58. The quantitative estimate of drug-likeness (QED) is 0.410. The Labute approximate surface area is 219 Å². The Morgan fingerprint density at radius 1 is 1.17 bits per heavy atom. The Kier molecular flexibility index (Phi) is 8.55. The summed E-state index contributed by atoms with van der Waals surface area (Å²) < 4.78 is 4.81. The minimum absolute atomic E-state index is 0.00747. The molecule has 7 nitrogen and oxygen atoms in total. The van der Waals surface area contributed by atoms with E-state index in [4.69, 9.17) is 4.74 Å². The minimum atomic E-state index is -0.873. The third kappa shape index (κ3) is 4.53. The van der Waals surface area contributed by atoms with Crippen LogP contribution in [0.15, 0.2) is 24.3 Å². The minimum Gasteiger partial charge on any atom is -0.465 e. The van der Waals surface area contributed by atoms with Crippen LogP contribution in [-0.2, 0) is 19.1 Å². The second-order valence-corrected chi connectivity index (χ2v) is 12.3. The second kappa shape index (κ2) is 11.3. The van der Waals surface area contributed by atoms with E-state index in [1.165, 1.54) is 0 Å². The molecule has 0 aliphatic carbocycles. The number of likely N-dealkylation sites (tertiary alicyclic amines) is 1. The predicted molar refractivity (Wildman–Crippen MR) is 141 cm³/mol. The first-order valence-corrected chi connectivity index (χ1v) is 14.6. The monoisotopic (exact) mass is 518 g/mol. The zero-order valence-electron chi connectivity index (χ0n) is 22.1. The third-order valence-corrected chi connectivity index (χ3v) is 10.4. The van der Waals surface area contributed by atoms with E-state index in [2.05, 4.69) is 26.0 Å². The molecule has 0 bridgehead atoms. The Morgan fingerprint density at radius 3 is 2.64 bits per heavy atom. The van der Waals surface area contributed by atoms with Gasteiger partial charge in [0.2, 0.25) is 11.8 Å². The van der Waals surface area contributed by atoms with Crippen LogP contribution in [0.1, 0.15) is 66.2 Å². The number of carbonyl (C=O) groups excluding carboxylic acids is 3. The van der Waals surface area contributed by atoms with E-state index in [1.807, 2.05) is 30.9 Å². The summed E-state index contributed by atoms with van der Waals surface area (Å²) in [5, 5.41) is 10.2. The summed E-state index contributed by atoms with van der Waals surface area (Å²) in [5.41, 5.74) is 0. The van der Waals surface area contributed by atoms with Gasteiger partial charge in [-0.3, -0.25) is 14.4 Å². The highest BCUT2D eigenvalue weighted by molar-refractivity contribution is 8.02. The van der Waals surface area contributed by atoms with Crippen LogP contribution in [0.5, 0.6) is 0 Å². The van der Waals surface area contributed by atoms with Crippen molar-refractivity contribution in [2.24, 2.45) is 17.8 Å². The molecule has 0 saturated carbocycles. The number of esters is 1. The molecule has 2 unspecified atom stereocenters. The molecular weight excluding hydrogens is 476 g/mol. The van der Waals surface area contributed by atoms with Crippen molar-refractivity contribution in [2.75, 3.05) is 19.8 Å². The van der Waals surface area contributed by atoms with Crippen molar-refractivity contribution in [1.29, 1.82) is 0 Å². The van der Waals surface area contributed by atoms with Crippen LogP contribution in [0.3, 0.4) is 0 Å². The first kappa shape index (κ1) is 27.2. The van der Waals surface area contributed by atoms with Gasteiger partial charge >= 0.3 is 5.97 Å². The molecule has 8 heteroatoms. The van der Waals surface area contributed by atoms with Gasteiger partial charge in [0.15, 0.2) is 0 Å². The normalized spacial score (nSPS) is 35.9. The van der Waals surface area contributed by atoms with Crippen molar-refractivity contribution >= 4 is 29.5 Å². The van der Waals surface area contributed by atoms with Gasteiger partial charge in [0, 0.05) is 17.8 Å². The SMILES string of the molecule is CCCC(C)N1CC=C[C@]23S[C@@H]4/C=C\CCCCOC(=O)[C@@H]4[C@H]2C(=O)N([C@@H](CO)[C@@H](C)CC)C3C1=O. The first-order chi connectivity index (χ1) is 17.3. The molecule has 4 rings (SSSR count). The van der Waals surface area contributed by atoms with Crippen molar-refractivity contribution < 1.29 is 24.2 Å². The van der Waals surface area contributed by atoms with Gasteiger partial charge in [0.1, 0.15) is 6.04 Å². The van der Waals surface area contributed by atoms with Gasteiger partial charge in [-0.15, -0.1) is 11.8 Å². The van der Waals surface area contributed by atoms with Gasteiger partial charge in [-0.1, -0.05) is 57.9 Å². The number of rotatable bonds is 7. The van der Waals surface area contributed by atoms with Crippen molar-refractivity contribution in [3.05, 3.63) is 24.3 Å². The molecule has 4 aliphatic rings. The van der Waals surface area contributed by atoms with Crippen LogP contribution in [-0.4, -0.2) is 80.6 Å². The number of cyclic esters (lactones) is 1. The number of nitrogens with zero attached hydrogens (tertiary/aromatic N) is 2. The number of allylic oxidation sites excluding steroid dienone is 1. The Balaban J connectivity index is 1.85. The van der Waals surface area contributed by atoms with Gasteiger partial charge in [-0.25, -0.2) is 0 Å². The van der Waals surface area contributed by atoms with E-state index in [-0.39, 0.29) is 41.6 Å². The Bertz CT molecular complexity index is 906. The molecule has 4 heterocycles. The Hall–Kier alpha value is -1.80. The molecule has 4 aliphatic heterocycles. The smallest absolute Gasteiger partial charge is 0.311 e. The molecule has 0 aromatic heterocycles. The average Bonchev–Trinajstić information content (AvgIpc) is 3.24. The van der Waals surface area contributed by atoms with Crippen molar-refractivity contribution in [2.45, 2.75) is 94.3 Å². The molecule has 1 N–H and O–H groups in total. The first-order valence-electron chi connectivity index (χ1n) is 13.7. The number of fused-ring (bicyclic) bond motifs is 2. The Morgan fingerprint density at radius 2 is 1.94 bits per heavy atom. The van der Waals surface area contributed by atoms with E-state index < -0.39 is 28.7 Å². The third-order valence-electron chi connectivity index (χ3n) is 8.65. The zero-order valence-corrected chi connectivity index (χ0v) is 22.9. The summed E-state index contributed by atoms with van der Waals surface area (Å²) in [5.74, 6) is -1.98. The lowest BCUT2D eigenvalue weighted by molar-refractivity contribution is -0.154. The van der Waals surface area contributed by atoms with Crippen LogP contribution in [0, 0.1) is 17.8 Å². The highest BCUT2D eigenvalue weighted by Gasteiger charge is 2.72. The highest BCUT2D eigenvalue weighted by Crippen LogP contribution is 2.61. The molecule has 2 amide bonds. The summed E-state index contributed by atoms with van der Waals surface area (Å²) in [6, 6.07) is -1.21. The molecule has 0 aromatic rings. The summed E-state index contributed by atoms with van der Waals surface area (Å²) in [4.78, 5) is 45.7. The van der Waals surface area contributed by atoms with E-state index in [0.717, 1.165) is 38.5 Å². The molecule has 0 radical (unpaired) electrons. The maximum absolute atomic E-state index is 14.4. The van der Waals surface area contributed by atoms with Gasteiger partial charge in [-0.05, 0) is 38.5 Å². The molecule has 2 fully saturated rings. The molecule has 0 aromatic carbocycles. The lowest BCUT2D eigenvalue weighted by atomic mass is 9.78. The van der Waals surface area contributed by atoms with Crippen molar-refractivity contribution in [3.63, 3.8) is 0 Å². The number of ether oxygens (including phenoxy) is 1. The number of aliphatic hydroxyl groups excluding tert-OH is 1. The number of hydrogen-bond donors (Lipinski definition) is 1. The molecule has 200 valence electrons. The van der Waals surface area contributed by atoms with Crippen LogP contribution in [0.2, 0.25) is 0 Å². The second-order valence-electron chi connectivity index (χ2n) is 10.8. The summed E-state index contributed by atoms with van der Waals surface area (Å²) in [7, 11) is 0. The van der Waals surface area contributed by atoms with E-state index in [9.17, 15) is 19.5 Å². The predicted octanol–water partition coefficient (Wildman–Crippen LogP) is 3.56. The largest absolute Gasteiger partial charge is 0.465 e. The number of hydrogen-bond acceptors (Lipinski definition) is 6. The lowest BCUT2D eigenvalue weighted by Gasteiger charge is -2.41. The number of thioether (sulfide) groups is 1. The maximum Gasteiger partial charge on any atom is 0.311 e. The van der Waals surface area contributed by atoms with Gasteiger partial charge in [-0.2, -0.15) is 0 Å². The number of aliphatic hydroxyl groups is 1. The molecule has 8 atom stereocenters. The summed E-state index contributed by atoms with van der Waals surface area (Å²) in [6.45, 7) is 8.83. The number of amides is 2. The van der Waals surface area contributed by atoms with Gasteiger partial charge in [0.25, 0.3) is 0 Å². The highest BCUT2D eigenvalue weighted by atomic mass is 32.2.